The van der Waals surface area contributed by atoms with Crippen molar-refractivity contribution in [1.82, 2.24) is 9.80 Å². The molecular weight excluding hydrogens is 404 g/mol. The van der Waals surface area contributed by atoms with Crippen molar-refractivity contribution in [2.24, 2.45) is 5.92 Å². The van der Waals surface area contributed by atoms with E-state index in [4.69, 9.17) is 13.7 Å². The molecule has 0 N–H and O–H groups in total. The van der Waals surface area contributed by atoms with E-state index in [1.54, 1.807) is 13.8 Å². The Balaban J connectivity index is 0.000000283. The number of carbonyl (C=O) groups is 4. The van der Waals surface area contributed by atoms with Crippen LogP contribution in [-0.2, 0) is 9.59 Å². The molecule has 0 aromatic heterocycles. The summed E-state index contributed by atoms with van der Waals surface area (Å²) in [7, 11) is 2.37. The van der Waals surface area contributed by atoms with Crippen LogP contribution in [0.4, 0.5) is 0 Å². The number of hydrogen-bond donors (Lipinski definition) is 0. The van der Waals surface area contributed by atoms with E-state index in [-0.39, 0.29) is 35.3 Å². The van der Waals surface area contributed by atoms with Gasteiger partial charge < -0.3 is 0 Å². The van der Waals surface area contributed by atoms with Gasteiger partial charge in [-0.2, -0.15) is 0 Å². The van der Waals surface area contributed by atoms with Crippen LogP contribution in [0.5, 0.6) is 0 Å². The number of hydrogen-bond acceptors (Lipinski definition) is 4. The largest absolute Gasteiger partial charge is 0.281 e. The molecule has 1 saturated heterocycles. The Bertz CT molecular complexity index is 1630. The number of fused-ring (bicyclic) bond motifs is 2. The van der Waals surface area contributed by atoms with Gasteiger partial charge in [0.2, 0.25) is 5.91 Å². The third-order valence-corrected chi connectivity index (χ3v) is 5.10. The van der Waals surface area contributed by atoms with Gasteiger partial charge in [-0.3, -0.25) is 29.0 Å². The molecule has 6 heteroatoms. The molecular formula is C26H24N2O4. The number of amides is 4. The first-order valence-corrected chi connectivity index (χ1v) is 9.55. The number of benzene rings is 2. The Morgan fingerprint density at radius 1 is 0.844 bits per heavy atom. The Morgan fingerprint density at radius 2 is 1.50 bits per heavy atom. The van der Waals surface area contributed by atoms with Gasteiger partial charge in [-0.15, -0.1) is 0 Å². The van der Waals surface area contributed by atoms with E-state index in [9.17, 15) is 19.2 Å². The Morgan fingerprint density at radius 3 is 2.19 bits per heavy atom. The van der Waals surface area contributed by atoms with Crippen LogP contribution in [-0.4, -0.2) is 47.5 Å². The lowest BCUT2D eigenvalue weighted by Gasteiger charge is -2.16. The summed E-state index contributed by atoms with van der Waals surface area (Å²) in [5, 5.41) is 0. The van der Waals surface area contributed by atoms with Gasteiger partial charge in [-0.05, 0) is 43.5 Å². The molecule has 1 fully saturated rings. The van der Waals surface area contributed by atoms with Crippen LogP contribution in [0.3, 0.4) is 0 Å². The fraction of sp³-hybridized carbons (Fsp3) is 0.231. The van der Waals surface area contributed by atoms with Gasteiger partial charge in [-0.1, -0.05) is 53.4 Å². The maximum atomic E-state index is 12.5. The molecule has 2 unspecified atom stereocenters. The number of likely N-dealkylation sites (tertiary alicyclic amines) is 1. The van der Waals surface area contributed by atoms with E-state index < -0.39 is 82.9 Å². The fourth-order valence-electron chi connectivity index (χ4n) is 3.37. The zero-order chi connectivity index (χ0) is 31.9. The van der Waals surface area contributed by atoms with Crippen LogP contribution in [0.2, 0.25) is 0 Å². The molecule has 2 aromatic carbocycles. The third-order valence-electron chi connectivity index (χ3n) is 5.10. The first kappa shape index (κ1) is 12.3. The molecule has 1 aliphatic carbocycles. The summed E-state index contributed by atoms with van der Waals surface area (Å²) in [5.41, 5.74) is -0.960. The van der Waals surface area contributed by atoms with Crippen LogP contribution >= 0.6 is 0 Å². The van der Waals surface area contributed by atoms with Gasteiger partial charge in [0.05, 0.1) is 29.4 Å². The molecule has 2 aromatic rings. The van der Waals surface area contributed by atoms with E-state index >= 15 is 0 Å². The average molecular weight is 439 g/mol. The van der Waals surface area contributed by atoms with Crippen LogP contribution < -0.4 is 0 Å². The Hall–Kier alpha value is -3.80. The minimum Gasteiger partial charge on any atom is -0.281 e. The lowest BCUT2D eigenvalue weighted by molar-refractivity contribution is -0.137. The highest BCUT2D eigenvalue weighted by atomic mass is 16.2. The van der Waals surface area contributed by atoms with Crippen molar-refractivity contribution in [2.75, 3.05) is 14.1 Å². The van der Waals surface area contributed by atoms with Crippen molar-refractivity contribution >= 4 is 29.2 Å². The highest BCUT2D eigenvalue weighted by Gasteiger charge is 2.42. The monoisotopic (exact) mass is 438 g/mol. The predicted molar refractivity (Wildman–Crippen MR) is 121 cm³/mol. The summed E-state index contributed by atoms with van der Waals surface area (Å²) >= 11 is 0. The van der Waals surface area contributed by atoms with Gasteiger partial charge in [-0.25, -0.2) is 0 Å². The number of rotatable bonds is 1. The normalized spacial score (nSPS) is 26.6. The van der Waals surface area contributed by atoms with Crippen molar-refractivity contribution < 1.29 is 32.9 Å². The maximum absolute atomic E-state index is 12.5. The first-order valence-electron chi connectivity index (χ1n) is 14.6. The quantitative estimate of drug-likeness (QED) is 0.638. The second-order valence-corrected chi connectivity index (χ2v) is 7.34. The third kappa shape index (κ3) is 3.58. The minimum absolute atomic E-state index is 0.00407. The number of allylic oxidation sites excluding steroid dienone is 3. The molecule has 5 rings (SSSR count). The van der Waals surface area contributed by atoms with E-state index in [0.29, 0.717) is 16.0 Å². The standard InChI is InChI=1S/C18H14N2O4.C8H10/c1-19-15(21)11-5-3-9(7-13(11)17(19)23)10-4-6-12-14(8-10)18(24)20(2)16(12)22;1-7-4-3-5-8(2)6-7/h3-7,14H,8H2,1-2H3;3-6H,1-2H3/i3D,4D,5D,6D,7D,8D;3D,4D,5D,6D. The smallest absolute Gasteiger partial charge is 0.261 e. The molecule has 0 bridgehead atoms. The SMILES string of the molecule is [2H]C1=C(c2c([2H])c([2H])c3c(c2[2H])C(=O)N(C)C3=O)C([2H])C2C(=O)N(C)C(=O)C2=C1[2H].[2H]c1c([2H])c(C)c([2H])c(C)c1[2H]. The van der Waals surface area contributed by atoms with E-state index in [0.717, 1.165) is 4.90 Å². The van der Waals surface area contributed by atoms with Crippen molar-refractivity contribution in [3.05, 3.63) is 87.8 Å². The van der Waals surface area contributed by atoms with Crippen molar-refractivity contribution in [3.63, 3.8) is 0 Å². The van der Waals surface area contributed by atoms with Crippen LogP contribution in [0, 0.1) is 19.8 Å². The topological polar surface area (TPSA) is 74.8 Å². The van der Waals surface area contributed by atoms with Crippen LogP contribution in [0.15, 0.2) is 60.0 Å². The molecule has 0 saturated carbocycles. The molecule has 2 atom stereocenters. The molecule has 162 valence electrons. The zero-order valence-electron chi connectivity index (χ0n) is 27.7. The predicted octanol–water partition coefficient (Wildman–Crippen LogP) is 3.54. The average Bonchev–Trinajstić information content (AvgIpc) is 3.33. The lowest BCUT2D eigenvalue weighted by atomic mass is 9.85. The highest BCUT2D eigenvalue weighted by molar-refractivity contribution is 6.21. The summed E-state index contributed by atoms with van der Waals surface area (Å²) in [6.45, 7) is 3.27. The molecule has 0 spiro atoms. The second kappa shape index (κ2) is 8.04. The Labute approximate surface area is 200 Å². The van der Waals surface area contributed by atoms with Crippen molar-refractivity contribution in [2.45, 2.75) is 20.2 Å². The molecule has 4 amide bonds. The number of carbonyl (C=O) groups excluding carboxylic acids is 4. The zero-order valence-corrected chi connectivity index (χ0v) is 17.7. The summed E-state index contributed by atoms with van der Waals surface area (Å²) in [6.07, 6.45) is -1.60. The van der Waals surface area contributed by atoms with Gasteiger partial charge in [0.1, 0.15) is 0 Å². The number of nitrogens with zero attached hydrogens (tertiary/aromatic N) is 2. The highest BCUT2D eigenvalue weighted by Crippen LogP contribution is 2.38. The maximum Gasteiger partial charge on any atom is 0.261 e. The molecule has 2 heterocycles. The van der Waals surface area contributed by atoms with Gasteiger partial charge in [0, 0.05) is 21.0 Å². The number of imide groups is 2. The van der Waals surface area contributed by atoms with E-state index in [1.165, 1.54) is 14.1 Å². The molecule has 3 aliphatic rings. The summed E-state index contributed by atoms with van der Waals surface area (Å²) in [5.74, 6) is -4.61. The van der Waals surface area contributed by atoms with E-state index in [2.05, 4.69) is 0 Å². The van der Waals surface area contributed by atoms with Crippen molar-refractivity contribution in [3.8, 4) is 0 Å². The fourth-order valence-corrected chi connectivity index (χ4v) is 3.37. The minimum atomic E-state index is -1.60. The van der Waals surface area contributed by atoms with Gasteiger partial charge in [0.15, 0.2) is 0 Å². The summed E-state index contributed by atoms with van der Waals surface area (Å²) in [4.78, 5) is 51.0. The lowest BCUT2D eigenvalue weighted by Crippen LogP contribution is -2.25. The summed E-state index contributed by atoms with van der Waals surface area (Å²) < 4.78 is 79.6. The number of likely N-dealkylation sites (N-methyl/N-ethyl adjacent to an activating group) is 1. The Kier molecular flexibility index (Phi) is 3.09. The van der Waals surface area contributed by atoms with Gasteiger partial charge in [0.25, 0.3) is 17.7 Å². The molecule has 6 nitrogen and oxygen atoms in total. The van der Waals surface area contributed by atoms with Crippen LogP contribution in [0.25, 0.3) is 5.57 Å². The first-order chi connectivity index (χ1) is 19.4. The molecule has 2 aliphatic heterocycles. The van der Waals surface area contributed by atoms with Gasteiger partial charge >= 0.3 is 0 Å². The van der Waals surface area contributed by atoms with Crippen molar-refractivity contribution in [1.29, 1.82) is 0 Å². The van der Waals surface area contributed by atoms with E-state index in [1.807, 2.05) is 0 Å². The second-order valence-electron chi connectivity index (χ2n) is 7.34. The molecule has 32 heavy (non-hydrogen) atoms. The van der Waals surface area contributed by atoms with Crippen LogP contribution in [0.1, 0.15) is 57.5 Å². The summed E-state index contributed by atoms with van der Waals surface area (Å²) in [6, 6.07) is -3.04. The molecule has 0 radical (unpaired) electrons.